The molecule has 0 fully saturated rings. The van der Waals surface area contributed by atoms with Gasteiger partial charge in [-0.1, -0.05) is 24.3 Å². The molecule has 0 unspecified atom stereocenters. The van der Waals surface area contributed by atoms with E-state index in [0.29, 0.717) is 22.6 Å². The zero-order valence-electron chi connectivity index (χ0n) is 19.1. The molecule has 13 heteroatoms. The molecule has 0 radical (unpaired) electrons. The van der Waals surface area contributed by atoms with Crippen LogP contribution >= 0.6 is 0 Å². The fourth-order valence-electron chi connectivity index (χ4n) is 3.97. The molecular weight excluding hydrogens is 511 g/mol. The van der Waals surface area contributed by atoms with Gasteiger partial charge < -0.3 is 14.8 Å². The summed E-state index contributed by atoms with van der Waals surface area (Å²) in [4.78, 5) is 10.1. The molecule has 2 aromatic carbocycles. The lowest BCUT2D eigenvalue weighted by molar-refractivity contribution is 0.277. The Hall–Kier alpha value is -4.23. The minimum Gasteiger partial charge on any atom is -0.480 e. The molecule has 0 saturated carbocycles. The molecule has 0 amide bonds. The maximum atomic E-state index is 15.5. The predicted molar refractivity (Wildman–Crippen MR) is 127 cm³/mol. The number of halogens is 3. The molecule has 3 N–H and O–H groups in total. The Balaban J connectivity index is 1.54. The Kier molecular flexibility index (Phi) is 6.17. The van der Waals surface area contributed by atoms with E-state index in [4.69, 9.17) is 4.74 Å². The summed E-state index contributed by atoms with van der Waals surface area (Å²) in [5.74, 6) is -3.52. The quantitative estimate of drug-likeness (QED) is 0.291. The van der Waals surface area contributed by atoms with Gasteiger partial charge in [0, 0.05) is 22.1 Å². The lowest BCUT2D eigenvalue weighted by Gasteiger charge is -2.12. The molecule has 0 aliphatic carbocycles. The summed E-state index contributed by atoms with van der Waals surface area (Å²) >= 11 is 0. The maximum absolute atomic E-state index is 15.5. The normalized spacial score (nSPS) is 11.8. The number of pyridine rings is 1. The first-order valence-electron chi connectivity index (χ1n) is 10.7. The Labute approximate surface area is 207 Å². The fourth-order valence-corrected chi connectivity index (χ4v) is 5.45. The Morgan fingerprint density at radius 3 is 2.54 bits per heavy atom. The number of hydrogen-bond acceptors (Lipinski definition) is 7. The zero-order valence-corrected chi connectivity index (χ0v) is 19.9. The van der Waals surface area contributed by atoms with E-state index in [0.717, 1.165) is 12.3 Å². The van der Waals surface area contributed by atoms with Crippen LogP contribution in [0.1, 0.15) is 11.3 Å². The summed E-state index contributed by atoms with van der Waals surface area (Å²) in [7, 11) is -3.10. The van der Waals surface area contributed by atoms with Gasteiger partial charge >= 0.3 is 0 Å². The van der Waals surface area contributed by atoms with E-state index >= 15 is 8.78 Å². The molecule has 5 aromatic rings. The standard InChI is InChI=1S/C24H18F3N5O4S/c1-36-24-18(7-13(25)8-29-24)37(34,35)11-12-3-2-4-15(19(12)26)16-5-6-17-21(20(16)27)31-32-22(17)23-28-9-14(10-33)30-23/h2-9,33H,10-11H2,1H3,(H,28,30)(H,31,32). The number of ether oxygens (including phenoxy) is 1. The molecule has 9 nitrogen and oxygen atoms in total. The topological polar surface area (TPSA) is 134 Å². The summed E-state index contributed by atoms with van der Waals surface area (Å²) in [6, 6.07) is 7.57. The third-order valence-corrected chi connectivity index (χ3v) is 7.38. The molecule has 0 atom stereocenters. The number of aromatic amines is 2. The van der Waals surface area contributed by atoms with Crippen LogP contribution in [-0.2, 0) is 22.2 Å². The number of aromatic nitrogens is 5. The molecule has 0 aliphatic rings. The highest BCUT2D eigenvalue weighted by Crippen LogP contribution is 2.35. The molecule has 5 rings (SSSR count). The number of methoxy groups -OCH3 is 1. The van der Waals surface area contributed by atoms with Gasteiger partial charge in [-0.05, 0) is 12.1 Å². The molecule has 0 spiro atoms. The number of aliphatic hydroxyl groups excluding tert-OH is 1. The molecule has 0 bridgehead atoms. The number of imidazole rings is 1. The van der Waals surface area contributed by atoms with Crippen molar-refractivity contribution in [3.63, 3.8) is 0 Å². The van der Waals surface area contributed by atoms with Crippen molar-refractivity contribution >= 4 is 20.7 Å². The fraction of sp³-hybridized carbons (Fsp3) is 0.125. The van der Waals surface area contributed by atoms with E-state index in [2.05, 4.69) is 25.1 Å². The van der Waals surface area contributed by atoms with E-state index in [1.807, 2.05) is 0 Å². The first-order chi connectivity index (χ1) is 17.7. The third kappa shape index (κ3) is 4.32. The highest BCUT2D eigenvalue weighted by Gasteiger charge is 2.26. The van der Waals surface area contributed by atoms with Gasteiger partial charge in [-0.3, -0.25) is 5.10 Å². The molecular formula is C24H18F3N5O4S. The first-order valence-corrected chi connectivity index (χ1v) is 12.4. The van der Waals surface area contributed by atoms with Gasteiger partial charge in [-0.25, -0.2) is 31.6 Å². The minimum absolute atomic E-state index is 0.0811. The van der Waals surface area contributed by atoms with Crippen molar-refractivity contribution in [2.45, 2.75) is 17.3 Å². The summed E-state index contributed by atoms with van der Waals surface area (Å²) in [6.45, 7) is -0.259. The zero-order chi connectivity index (χ0) is 26.3. The molecule has 37 heavy (non-hydrogen) atoms. The van der Waals surface area contributed by atoms with E-state index in [1.54, 1.807) is 0 Å². The molecule has 3 heterocycles. The van der Waals surface area contributed by atoms with Gasteiger partial charge in [-0.2, -0.15) is 5.10 Å². The first kappa shape index (κ1) is 24.5. The van der Waals surface area contributed by atoms with Crippen molar-refractivity contribution in [1.82, 2.24) is 25.1 Å². The lowest BCUT2D eigenvalue weighted by atomic mass is 10.00. The van der Waals surface area contributed by atoms with Crippen molar-refractivity contribution in [1.29, 1.82) is 0 Å². The molecule has 0 saturated heterocycles. The minimum atomic E-state index is -4.28. The average Bonchev–Trinajstić information content (AvgIpc) is 3.53. The smallest absolute Gasteiger partial charge is 0.232 e. The Morgan fingerprint density at radius 2 is 1.81 bits per heavy atom. The van der Waals surface area contributed by atoms with Crippen LogP contribution in [0.15, 0.2) is 53.7 Å². The van der Waals surface area contributed by atoms with Gasteiger partial charge in [0.25, 0.3) is 0 Å². The van der Waals surface area contributed by atoms with Gasteiger partial charge in [-0.15, -0.1) is 0 Å². The Morgan fingerprint density at radius 1 is 1.03 bits per heavy atom. The Bertz CT molecular complexity index is 1750. The molecule has 190 valence electrons. The van der Waals surface area contributed by atoms with Crippen LogP contribution in [0, 0.1) is 17.5 Å². The number of nitrogens with zero attached hydrogens (tertiary/aromatic N) is 3. The van der Waals surface area contributed by atoms with E-state index in [-0.39, 0.29) is 34.7 Å². The van der Waals surface area contributed by atoms with Crippen LogP contribution in [0.3, 0.4) is 0 Å². The van der Waals surface area contributed by atoms with Crippen LogP contribution in [0.5, 0.6) is 5.88 Å². The van der Waals surface area contributed by atoms with E-state index < -0.39 is 37.9 Å². The number of rotatable bonds is 7. The van der Waals surface area contributed by atoms with Crippen LogP contribution in [0.2, 0.25) is 0 Å². The number of nitrogens with one attached hydrogen (secondary N) is 2. The van der Waals surface area contributed by atoms with Crippen molar-refractivity contribution in [3.8, 4) is 28.5 Å². The molecule has 3 aromatic heterocycles. The number of hydrogen-bond donors (Lipinski definition) is 3. The summed E-state index contributed by atoms with van der Waals surface area (Å²) in [5.41, 5.74) is 0.179. The average molecular weight is 530 g/mol. The van der Waals surface area contributed by atoms with Crippen LogP contribution in [0.4, 0.5) is 13.2 Å². The SMILES string of the molecule is COc1ncc(F)cc1S(=O)(=O)Cc1cccc(-c2ccc3c(-c4ncc(CO)[nH]4)[nH]nc3c2F)c1F. The van der Waals surface area contributed by atoms with Crippen LogP contribution < -0.4 is 4.74 Å². The summed E-state index contributed by atoms with van der Waals surface area (Å²) in [6.07, 6.45) is 2.23. The number of H-pyrrole nitrogens is 2. The van der Waals surface area contributed by atoms with Gasteiger partial charge in [0.1, 0.15) is 27.7 Å². The summed E-state index contributed by atoms with van der Waals surface area (Å²) in [5, 5.41) is 16.3. The molecule has 0 aliphatic heterocycles. The van der Waals surface area contributed by atoms with Crippen molar-refractivity contribution in [2.75, 3.05) is 7.11 Å². The largest absolute Gasteiger partial charge is 0.480 e. The number of sulfone groups is 1. The predicted octanol–water partition coefficient (Wildman–Crippen LogP) is 3.91. The third-order valence-electron chi connectivity index (χ3n) is 5.73. The number of benzene rings is 2. The highest BCUT2D eigenvalue weighted by molar-refractivity contribution is 7.90. The van der Waals surface area contributed by atoms with Crippen LogP contribution in [0.25, 0.3) is 33.5 Å². The number of aliphatic hydroxyl groups is 1. The monoisotopic (exact) mass is 529 g/mol. The van der Waals surface area contributed by atoms with Gasteiger partial charge in [0.05, 0.1) is 37.6 Å². The number of fused-ring (bicyclic) bond motifs is 1. The lowest BCUT2D eigenvalue weighted by Crippen LogP contribution is -2.10. The van der Waals surface area contributed by atoms with Crippen LogP contribution in [-0.4, -0.2) is 45.8 Å². The van der Waals surface area contributed by atoms with Crippen molar-refractivity contribution in [2.24, 2.45) is 0 Å². The van der Waals surface area contributed by atoms with Crippen molar-refractivity contribution < 1.29 is 31.4 Å². The maximum Gasteiger partial charge on any atom is 0.232 e. The second kappa shape index (κ2) is 9.33. The van der Waals surface area contributed by atoms with E-state index in [1.165, 1.54) is 43.6 Å². The van der Waals surface area contributed by atoms with Gasteiger partial charge in [0.2, 0.25) is 5.88 Å². The second-order valence-corrected chi connectivity index (χ2v) is 9.99. The highest BCUT2D eigenvalue weighted by atomic mass is 32.2. The summed E-state index contributed by atoms with van der Waals surface area (Å²) < 4.78 is 75.6. The van der Waals surface area contributed by atoms with E-state index in [9.17, 15) is 17.9 Å². The second-order valence-electron chi connectivity index (χ2n) is 8.04. The van der Waals surface area contributed by atoms with Gasteiger partial charge in [0.15, 0.2) is 21.5 Å². The van der Waals surface area contributed by atoms with Crippen molar-refractivity contribution in [3.05, 3.63) is 77.5 Å².